The van der Waals surface area contributed by atoms with Crippen LogP contribution in [0.15, 0.2) is 54.0 Å². The number of aromatic nitrogens is 4. The fourth-order valence-corrected chi connectivity index (χ4v) is 6.07. The van der Waals surface area contributed by atoms with Crippen LogP contribution in [0.1, 0.15) is 44.9 Å². The lowest BCUT2D eigenvalue weighted by atomic mass is 10.0. The second-order valence-electron chi connectivity index (χ2n) is 11.4. The summed E-state index contributed by atoms with van der Waals surface area (Å²) in [7, 11) is 0. The maximum absolute atomic E-state index is 16.1. The summed E-state index contributed by atoms with van der Waals surface area (Å²) in [4.78, 5) is 44.0. The van der Waals surface area contributed by atoms with Crippen molar-refractivity contribution in [2.45, 2.75) is 52.1 Å². The first-order valence-electron chi connectivity index (χ1n) is 14.3. The van der Waals surface area contributed by atoms with Crippen LogP contribution in [0.3, 0.4) is 0 Å². The van der Waals surface area contributed by atoms with Crippen molar-refractivity contribution < 1.29 is 18.3 Å². The number of amides is 1. The van der Waals surface area contributed by atoms with Gasteiger partial charge in [-0.2, -0.15) is 4.98 Å². The van der Waals surface area contributed by atoms with Gasteiger partial charge in [-0.15, -0.1) is 0 Å². The molecule has 0 saturated carbocycles. The first-order chi connectivity index (χ1) is 20.6. The molecular weight excluding hydrogens is 554 g/mol. The summed E-state index contributed by atoms with van der Waals surface area (Å²) in [6.45, 7) is 12.2. The van der Waals surface area contributed by atoms with Crippen molar-refractivity contribution in [3.05, 3.63) is 82.6 Å². The number of benzene rings is 1. The first-order valence-corrected chi connectivity index (χ1v) is 14.3. The van der Waals surface area contributed by atoms with Gasteiger partial charge in [-0.3, -0.25) is 9.78 Å². The number of hydrogen-bond acceptors (Lipinski definition) is 7. The second-order valence-corrected chi connectivity index (χ2v) is 11.4. The minimum absolute atomic E-state index is 0.0754. The first kappa shape index (κ1) is 28.4. The Kier molecular flexibility index (Phi) is 7.19. The number of nitrogens with zero attached hydrogens (tertiary/aromatic N) is 6. The molecule has 1 aromatic carbocycles. The average molecular weight is 587 g/mol. The number of halogens is 2. The molecule has 5 heterocycles. The molecule has 2 aliphatic heterocycles. The molecule has 0 spiro atoms. The van der Waals surface area contributed by atoms with Crippen molar-refractivity contribution in [2.24, 2.45) is 0 Å². The summed E-state index contributed by atoms with van der Waals surface area (Å²) in [5.74, 6) is -1.35. The van der Waals surface area contributed by atoms with E-state index in [9.17, 15) is 9.59 Å². The Bertz CT molecular complexity index is 1840. The highest BCUT2D eigenvalue weighted by Gasteiger charge is 2.34. The normalized spacial score (nSPS) is 18.2. The molecule has 43 heavy (non-hydrogen) atoms. The monoisotopic (exact) mass is 586 g/mol. The summed E-state index contributed by atoms with van der Waals surface area (Å²) in [5.41, 5.74) is 1.03. The predicted octanol–water partition coefficient (Wildman–Crippen LogP) is 4.79. The van der Waals surface area contributed by atoms with Crippen molar-refractivity contribution in [3.63, 3.8) is 0 Å². The third-order valence-corrected chi connectivity index (χ3v) is 8.16. The average Bonchev–Trinajstić information content (AvgIpc) is 3.00. The Morgan fingerprint density at radius 1 is 1.12 bits per heavy atom. The Hall–Kier alpha value is -4.67. The highest BCUT2D eigenvalue weighted by Crippen LogP contribution is 2.38. The van der Waals surface area contributed by atoms with Crippen LogP contribution >= 0.6 is 0 Å². The zero-order chi connectivity index (χ0) is 30.6. The molecule has 4 aromatic rings. The molecular formula is C32H32F2N6O3. The van der Waals surface area contributed by atoms with Gasteiger partial charge >= 0.3 is 5.69 Å². The largest absolute Gasteiger partial charge is 0.492 e. The van der Waals surface area contributed by atoms with Crippen molar-refractivity contribution in [3.8, 4) is 22.7 Å². The molecule has 2 atom stereocenters. The second kappa shape index (κ2) is 10.9. The van der Waals surface area contributed by atoms with Crippen LogP contribution in [0.5, 0.6) is 5.75 Å². The number of piperazine rings is 1. The van der Waals surface area contributed by atoms with Crippen LogP contribution in [-0.4, -0.2) is 62.1 Å². The highest BCUT2D eigenvalue weighted by atomic mass is 19.1. The topological polar surface area (TPSA) is 93.5 Å². The molecule has 6 rings (SSSR count). The molecule has 1 fully saturated rings. The zero-order valence-corrected chi connectivity index (χ0v) is 24.5. The van der Waals surface area contributed by atoms with E-state index < -0.39 is 17.3 Å². The number of pyridine rings is 2. The smallest absolute Gasteiger partial charge is 0.355 e. The molecule has 0 radical (unpaired) electrons. The summed E-state index contributed by atoms with van der Waals surface area (Å²) in [6.07, 6.45) is 3.33. The van der Waals surface area contributed by atoms with Gasteiger partial charge in [0.05, 0.1) is 28.9 Å². The lowest BCUT2D eigenvalue weighted by Crippen LogP contribution is -2.58. The van der Waals surface area contributed by atoms with Gasteiger partial charge in [-0.05, 0) is 55.7 Å². The van der Waals surface area contributed by atoms with Gasteiger partial charge in [0.2, 0.25) is 5.91 Å². The van der Waals surface area contributed by atoms with E-state index in [4.69, 9.17) is 4.74 Å². The minimum Gasteiger partial charge on any atom is -0.492 e. The van der Waals surface area contributed by atoms with E-state index >= 15 is 8.78 Å². The third kappa shape index (κ3) is 4.72. The number of anilines is 1. The van der Waals surface area contributed by atoms with Crippen LogP contribution in [0.2, 0.25) is 0 Å². The van der Waals surface area contributed by atoms with Crippen LogP contribution in [-0.2, 0) is 11.2 Å². The fraction of sp³-hybridized carbons (Fsp3) is 0.344. The Morgan fingerprint density at radius 3 is 2.65 bits per heavy atom. The molecule has 3 aromatic heterocycles. The highest BCUT2D eigenvalue weighted by molar-refractivity contribution is 5.92. The lowest BCUT2D eigenvalue weighted by molar-refractivity contribution is -0.128. The van der Waals surface area contributed by atoms with Gasteiger partial charge < -0.3 is 14.5 Å². The lowest BCUT2D eigenvalue weighted by Gasteiger charge is -2.44. The maximum atomic E-state index is 16.1. The van der Waals surface area contributed by atoms with E-state index in [1.54, 1.807) is 17.2 Å². The number of fused-ring (bicyclic) bond motifs is 5. The molecule has 222 valence electrons. The van der Waals surface area contributed by atoms with Gasteiger partial charge in [0.25, 0.3) is 0 Å². The standard InChI is InChI=1S/C32H32F2N6O3/c1-6-25(41)38-15-19(5)39(16-18(38)4)30-21-14-23(34)28-26-22(33)8-7-9-24(26)43-13-11-20-10-12-35-27(17(2)3)29(20)40(31(21)36-28)32(42)37-30/h6-10,12,14,17-19H,1,11,13,15-16H2,2-5H3/t18-,19+/m1/s1. The molecule has 1 amide bonds. The number of carbonyl (C=O) groups is 1. The Balaban J connectivity index is 1.69. The molecule has 2 aliphatic rings. The van der Waals surface area contributed by atoms with Gasteiger partial charge in [-0.25, -0.2) is 23.1 Å². The summed E-state index contributed by atoms with van der Waals surface area (Å²) in [6, 6.07) is 6.87. The predicted molar refractivity (Wildman–Crippen MR) is 160 cm³/mol. The SMILES string of the molecule is C=CC(=O)N1C[C@H](C)N(c2nc(=O)n3c4nc(c(F)cc24)-c2c(F)cccc2OCCc2ccnc(C(C)C)c2-3)C[C@H]1C. The van der Waals surface area contributed by atoms with Crippen LogP contribution in [0, 0.1) is 11.6 Å². The van der Waals surface area contributed by atoms with Crippen LogP contribution in [0.25, 0.3) is 28.0 Å². The van der Waals surface area contributed by atoms with E-state index in [1.807, 2.05) is 38.7 Å². The molecule has 1 saturated heterocycles. The summed E-state index contributed by atoms with van der Waals surface area (Å²) in [5, 5.41) is 0.283. The van der Waals surface area contributed by atoms with E-state index in [0.717, 1.165) is 5.56 Å². The molecule has 0 N–H and O–H groups in total. The summed E-state index contributed by atoms with van der Waals surface area (Å²) >= 11 is 0. The molecule has 2 bridgehead atoms. The quantitative estimate of drug-likeness (QED) is 0.319. The Labute approximate surface area is 247 Å². The van der Waals surface area contributed by atoms with Crippen molar-refractivity contribution >= 4 is 22.8 Å². The number of carbonyl (C=O) groups excluding carboxylic acids is 1. The number of ether oxygens (including phenoxy) is 1. The number of hydrogen-bond donors (Lipinski definition) is 0. The molecule has 0 aliphatic carbocycles. The van der Waals surface area contributed by atoms with Gasteiger partial charge in [0.15, 0.2) is 11.5 Å². The van der Waals surface area contributed by atoms with Gasteiger partial charge in [0, 0.05) is 37.8 Å². The zero-order valence-electron chi connectivity index (χ0n) is 24.5. The third-order valence-electron chi connectivity index (χ3n) is 8.16. The van der Waals surface area contributed by atoms with Gasteiger partial charge in [0.1, 0.15) is 23.1 Å². The maximum Gasteiger partial charge on any atom is 0.355 e. The van der Waals surface area contributed by atoms with E-state index in [0.29, 0.717) is 30.9 Å². The van der Waals surface area contributed by atoms with E-state index in [2.05, 4.69) is 21.5 Å². The summed E-state index contributed by atoms with van der Waals surface area (Å²) < 4.78 is 38.8. The van der Waals surface area contributed by atoms with Crippen molar-refractivity contribution in [1.82, 2.24) is 24.4 Å². The molecule has 0 unspecified atom stereocenters. The van der Waals surface area contributed by atoms with Crippen molar-refractivity contribution in [2.75, 3.05) is 24.6 Å². The fourth-order valence-electron chi connectivity index (χ4n) is 6.07. The molecule has 11 heteroatoms. The molecule has 9 nitrogen and oxygen atoms in total. The van der Waals surface area contributed by atoms with Crippen LogP contribution in [0.4, 0.5) is 14.6 Å². The van der Waals surface area contributed by atoms with Crippen LogP contribution < -0.4 is 15.3 Å². The Morgan fingerprint density at radius 2 is 1.91 bits per heavy atom. The van der Waals surface area contributed by atoms with E-state index in [-0.39, 0.29) is 64.4 Å². The van der Waals surface area contributed by atoms with Crippen molar-refractivity contribution in [1.29, 1.82) is 0 Å². The number of rotatable bonds is 3. The van der Waals surface area contributed by atoms with E-state index in [1.165, 1.54) is 28.8 Å². The minimum atomic E-state index is -0.786. The van der Waals surface area contributed by atoms with Gasteiger partial charge in [-0.1, -0.05) is 26.5 Å².